The smallest absolute Gasteiger partial charge is 0.311 e. The zero-order chi connectivity index (χ0) is 20.1. The summed E-state index contributed by atoms with van der Waals surface area (Å²) in [5, 5.41) is 8.27. The van der Waals surface area contributed by atoms with Crippen LogP contribution in [-0.4, -0.2) is 27.2 Å². The first kappa shape index (κ1) is 18.9. The third-order valence-corrected chi connectivity index (χ3v) is 4.09. The molecule has 140 valence electrons. The summed E-state index contributed by atoms with van der Waals surface area (Å²) in [6.45, 7) is 3.19. The van der Waals surface area contributed by atoms with E-state index in [2.05, 4.69) is 20.2 Å². The van der Waals surface area contributed by atoms with Gasteiger partial charge in [-0.05, 0) is 13.8 Å². The summed E-state index contributed by atoms with van der Waals surface area (Å²) in [6, 6.07) is 17.7. The molecule has 2 N–H and O–H groups in total. The van der Waals surface area contributed by atoms with Gasteiger partial charge in [-0.2, -0.15) is 5.10 Å². The zero-order valence-corrected chi connectivity index (χ0v) is 15.4. The van der Waals surface area contributed by atoms with Crippen LogP contribution in [0, 0.1) is 6.92 Å². The van der Waals surface area contributed by atoms with E-state index in [-0.39, 0.29) is 22.8 Å². The predicted octanol–water partition coefficient (Wildman–Crippen LogP) is 2.47. The summed E-state index contributed by atoms with van der Waals surface area (Å²) >= 11 is 0. The van der Waals surface area contributed by atoms with Crippen LogP contribution in [0.5, 0.6) is 0 Å². The standard InChI is InChI=1S/C21H18N4O3/c1-13-17(20(27)23-21(28)22-13)14(2)24-25-18(15-9-5-3-6-10-15)19(26)16-11-7-4-8-12-16/h3-12H,1-2H3,(H2,22,23,27,28)/b24-14-,25-18?. The van der Waals surface area contributed by atoms with Crippen molar-refractivity contribution in [2.45, 2.75) is 13.8 Å². The predicted molar refractivity (Wildman–Crippen MR) is 108 cm³/mol. The Kier molecular flexibility index (Phi) is 5.55. The molecule has 0 fully saturated rings. The van der Waals surface area contributed by atoms with Crippen molar-refractivity contribution in [3.63, 3.8) is 0 Å². The van der Waals surface area contributed by atoms with Crippen molar-refractivity contribution in [2.24, 2.45) is 10.2 Å². The highest BCUT2D eigenvalue weighted by Gasteiger charge is 2.17. The van der Waals surface area contributed by atoms with E-state index in [9.17, 15) is 14.4 Å². The van der Waals surface area contributed by atoms with Crippen LogP contribution in [0.2, 0.25) is 0 Å². The molecule has 3 rings (SSSR count). The van der Waals surface area contributed by atoms with E-state index in [1.165, 1.54) is 0 Å². The van der Waals surface area contributed by atoms with Gasteiger partial charge in [0.15, 0.2) is 0 Å². The highest BCUT2D eigenvalue weighted by atomic mass is 16.2. The lowest BCUT2D eigenvalue weighted by Crippen LogP contribution is -2.29. The van der Waals surface area contributed by atoms with Crippen LogP contribution in [0.4, 0.5) is 0 Å². The van der Waals surface area contributed by atoms with Crippen LogP contribution in [0.15, 0.2) is 80.5 Å². The number of carbonyl (C=O) groups is 1. The van der Waals surface area contributed by atoms with E-state index in [1.807, 2.05) is 12.1 Å². The Morgan fingerprint density at radius 3 is 1.96 bits per heavy atom. The summed E-state index contributed by atoms with van der Waals surface area (Å²) in [6.07, 6.45) is 0. The van der Waals surface area contributed by atoms with Gasteiger partial charge in [0.25, 0.3) is 5.56 Å². The number of carbonyl (C=O) groups excluding carboxylic acids is 1. The topological polar surface area (TPSA) is 108 Å². The van der Waals surface area contributed by atoms with Crippen molar-refractivity contribution >= 4 is 17.2 Å². The lowest BCUT2D eigenvalue weighted by atomic mass is 10.0. The lowest BCUT2D eigenvalue weighted by Gasteiger charge is -2.06. The number of hydrogen-bond acceptors (Lipinski definition) is 5. The molecule has 2 aromatic carbocycles. The van der Waals surface area contributed by atoms with E-state index >= 15 is 0 Å². The molecule has 0 atom stereocenters. The fourth-order valence-corrected chi connectivity index (χ4v) is 2.77. The number of nitrogens with zero attached hydrogens (tertiary/aromatic N) is 2. The highest BCUT2D eigenvalue weighted by molar-refractivity contribution is 6.51. The molecule has 0 aliphatic heterocycles. The third kappa shape index (κ3) is 4.09. The van der Waals surface area contributed by atoms with Crippen molar-refractivity contribution < 1.29 is 4.79 Å². The van der Waals surface area contributed by atoms with Crippen molar-refractivity contribution in [1.82, 2.24) is 9.97 Å². The number of hydrogen-bond donors (Lipinski definition) is 2. The lowest BCUT2D eigenvalue weighted by molar-refractivity contribution is 0.106. The molecule has 7 nitrogen and oxygen atoms in total. The van der Waals surface area contributed by atoms with Crippen LogP contribution in [0.25, 0.3) is 0 Å². The molecular weight excluding hydrogens is 356 g/mol. The second-order valence-corrected chi connectivity index (χ2v) is 6.10. The molecule has 0 bridgehead atoms. The van der Waals surface area contributed by atoms with Crippen LogP contribution in [0.3, 0.4) is 0 Å². The number of ketones is 1. The molecule has 0 amide bonds. The summed E-state index contributed by atoms with van der Waals surface area (Å²) in [4.78, 5) is 41.1. The van der Waals surface area contributed by atoms with Gasteiger partial charge in [-0.25, -0.2) is 4.79 Å². The van der Waals surface area contributed by atoms with E-state index in [0.717, 1.165) is 0 Å². The Bertz CT molecular complexity index is 1170. The average molecular weight is 374 g/mol. The zero-order valence-electron chi connectivity index (χ0n) is 15.4. The number of aryl methyl sites for hydroxylation is 1. The first-order valence-corrected chi connectivity index (χ1v) is 8.58. The molecule has 1 heterocycles. The summed E-state index contributed by atoms with van der Waals surface area (Å²) in [5.41, 5.74) is 0.967. The van der Waals surface area contributed by atoms with Crippen molar-refractivity contribution in [1.29, 1.82) is 0 Å². The van der Waals surface area contributed by atoms with Crippen LogP contribution in [-0.2, 0) is 0 Å². The Morgan fingerprint density at radius 2 is 1.39 bits per heavy atom. The SMILES string of the molecule is C/C(=N/N=C(C(=O)c1ccccc1)c1ccccc1)c1c(C)[nH]c(=O)[nH]c1=O. The Labute approximate surface area is 160 Å². The van der Waals surface area contributed by atoms with Gasteiger partial charge in [0.05, 0.1) is 11.3 Å². The summed E-state index contributed by atoms with van der Waals surface area (Å²) in [7, 11) is 0. The number of aromatic nitrogens is 2. The molecule has 0 unspecified atom stereocenters. The minimum atomic E-state index is -0.591. The third-order valence-electron chi connectivity index (χ3n) is 4.09. The summed E-state index contributed by atoms with van der Waals surface area (Å²) < 4.78 is 0. The Morgan fingerprint density at radius 1 is 0.821 bits per heavy atom. The quantitative estimate of drug-likeness (QED) is 0.407. The second kappa shape index (κ2) is 8.22. The maximum absolute atomic E-state index is 13.0. The van der Waals surface area contributed by atoms with Gasteiger partial charge in [-0.15, -0.1) is 5.10 Å². The molecule has 0 radical (unpaired) electrons. The number of Topliss-reactive ketones (excluding diaryl/α,β-unsaturated/α-hetero) is 1. The fraction of sp³-hybridized carbons (Fsp3) is 0.0952. The minimum Gasteiger partial charge on any atom is -0.311 e. The van der Waals surface area contributed by atoms with Gasteiger partial charge >= 0.3 is 5.69 Å². The van der Waals surface area contributed by atoms with E-state index in [4.69, 9.17) is 0 Å². The maximum atomic E-state index is 13.0. The molecule has 0 saturated carbocycles. The Hall–Kier alpha value is -3.87. The van der Waals surface area contributed by atoms with Crippen LogP contribution >= 0.6 is 0 Å². The number of aromatic amines is 2. The number of benzene rings is 2. The van der Waals surface area contributed by atoms with Gasteiger partial charge < -0.3 is 4.98 Å². The average Bonchev–Trinajstić information content (AvgIpc) is 2.68. The molecule has 0 aliphatic carbocycles. The molecule has 0 aliphatic rings. The highest BCUT2D eigenvalue weighted by Crippen LogP contribution is 2.10. The van der Waals surface area contributed by atoms with Gasteiger partial charge in [-0.1, -0.05) is 60.7 Å². The first-order valence-electron chi connectivity index (χ1n) is 8.58. The number of nitrogens with one attached hydrogen (secondary N) is 2. The number of H-pyrrole nitrogens is 2. The largest absolute Gasteiger partial charge is 0.325 e. The van der Waals surface area contributed by atoms with Crippen LogP contribution < -0.4 is 11.2 Å². The molecule has 1 aromatic heterocycles. The molecule has 3 aromatic rings. The first-order chi connectivity index (χ1) is 13.5. The molecule has 0 saturated heterocycles. The minimum absolute atomic E-state index is 0.157. The molecule has 28 heavy (non-hydrogen) atoms. The normalized spacial score (nSPS) is 12.1. The van der Waals surface area contributed by atoms with E-state index in [0.29, 0.717) is 16.8 Å². The van der Waals surface area contributed by atoms with E-state index in [1.54, 1.807) is 62.4 Å². The summed E-state index contributed by atoms with van der Waals surface area (Å²) in [5.74, 6) is -0.282. The van der Waals surface area contributed by atoms with Gasteiger partial charge in [0.1, 0.15) is 5.71 Å². The monoisotopic (exact) mass is 374 g/mol. The van der Waals surface area contributed by atoms with Gasteiger partial charge in [-0.3, -0.25) is 14.6 Å². The van der Waals surface area contributed by atoms with E-state index < -0.39 is 11.2 Å². The van der Waals surface area contributed by atoms with Crippen molar-refractivity contribution in [3.05, 3.63) is 104 Å². The van der Waals surface area contributed by atoms with Gasteiger partial charge in [0.2, 0.25) is 5.78 Å². The second-order valence-electron chi connectivity index (χ2n) is 6.10. The van der Waals surface area contributed by atoms with Gasteiger partial charge in [0, 0.05) is 16.8 Å². The Balaban J connectivity index is 2.10. The molecular formula is C21H18N4O3. The fourth-order valence-electron chi connectivity index (χ4n) is 2.77. The molecule has 0 spiro atoms. The van der Waals surface area contributed by atoms with Crippen LogP contribution in [0.1, 0.15) is 34.1 Å². The maximum Gasteiger partial charge on any atom is 0.325 e. The molecule has 7 heteroatoms. The van der Waals surface area contributed by atoms with Crippen molar-refractivity contribution in [3.8, 4) is 0 Å². The van der Waals surface area contributed by atoms with Crippen molar-refractivity contribution in [2.75, 3.05) is 0 Å². The number of rotatable bonds is 5.